The van der Waals surface area contributed by atoms with Crippen molar-refractivity contribution in [2.75, 3.05) is 16.8 Å². The van der Waals surface area contributed by atoms with Crippen LogP contribution in [0.15, 0.2) is 59.2 Å². The van der Waals surface area contributed by atoms with E-state index in [2.05, 4.69) is 5.32 Å². The number of carbonyl (C=O) groups is 2. The fraction of sp³-hybridized carbons (Fsp3) is 0.182. The Hall–Kier alpha value is -3.05. The Balaban J connectivity index is 1.62. The number of nitrogens with zero attached hydrogens (tertiary/aromatic N) is 1. The summed E-state index contributed by atoms with van der Waals surface area (Å²) in [6, 6.07) is 14.2. The molecule has 0 saturated carbocycles. The quantitative estimate of drug-likeness (QED) is 0.673. The maximum atomic E-state index is 13.2. The normalized spacial score (nSPS) is 13.1. The Morgan fingerprint density at radius 3 is 2.79 bits per heavy atom. The average molecular weight is 395 g/mol. The summed E-state index contributed by atoms with van der Waals surface area (Å²) in [6.07, 6.45) is 3.23. The van der Waals surface area contributed by atoms with Crippen molar-refractivity contribution in [3.8, 4) is 0 Å². The number of anilines is 2. The third kappa shape index (κ3) is 3.53. The molecule has 0 spiro atoms. The lowest BCUT2D eigenvalue weighted by molar-refractivity contribution is 0.0979. The van der Waals surface area contributed by atoms with E-state index in [1.54, 1.807) is 35.2 Å². The topological polar surface area (TPSA) is 62.6 Å². The van der Waals surface area contributed by atoms with Crippen molar-refractivity contribution in [2.45, 2.75) is 19.8 Å². The van der Waals surface area contributed by atoms with Gasteiger partial charge in [0.25, 0.3) is 11.8 Å². The van der Waals surface area contributed by atoms with Gasteiger partial charge in [0, 0.05) is 28.5 Å². The summed E-state index contributed by atoms with van der Waals surface area (Å²) < 4.78 is 5.13. The predicted molar refractivity (Wildman–Crippen MR) is 109 cm³/mol. The lowest BCUT2D eigenvalue weighted by Crippen LogP contribution is -2.35. The van der Waals surface area contributed by atoms with Crippen molar-refractivity contribution in [2.24, 2.45) is 0 Å². The van der Waals surface area contributed by atoms with E-state index < -0.39 is 0 Å². The second-order valence-electron chi connectivity index (χ2n) is 6.79. The molecule has 1 aliphatic rings. The van der Waals surface area contributed by atoms with Gasteiger partial charge in [-0.15, -0.1) is 0 Å². The van der Waals surface area contributed by atoms with Gasteiger partial charge in [-0.25, -0.2) is 0 Å². The highest BCUT2D eigenvalue weighted by Gasteiger charge is 2.24. The van der Waals surface area contributed by atoms with E-state index in [-0.39, 0.29) is 17.6 Å². The van der Waals surface area contributed by atoms with Crippen LogP contribution in [-0.4, -0.2) is 18.4 Å². The number of hydrogen-bond acceptors (Lipinski definition) is 3. The number of fused-ring (bicyclic) bond motifs is 1. The molecule has 0 unspecified atom stereocenters. The highest BCUT2D eigenvalue weighted by atomic mass is 35.5. The van der Waals surface area contributed by atoms with E-state index in [1.807, 2.05) is 25.1 Å². The van der Waals surface area contributed by atoms with Crippen LogP contribution in [0.5, 0.6) is 0 Å². The molecule has 1 aromatic heterocycles. The Morgan fingerprint density at radius 2 is 2.00 bits per heavy atom. The van der Waals surface area contributed by atoms with Gasteiger partial charge in [-0.3, -0.25) is 9.59 Å². The molecule has 3 aromatic rings. The Labute approximate surface area is 167 Å². The Kier molecular flexibility index (Phi) is 4.92. The number of halogens is 1. The summed E-state index contributed by atoms with van der Waals surface area (Å²) in [7, 11) is 0. The molecule has 5 nitrogen and oxygen atoms in total. The smallest absolute Gasteiger partial charge is 0.291 e. The lowest BCUT2D eigenvalue weighted by Gasteiger charge is -2.30. The van der Waals surface area contributed by atoms with Crippen LogP contribution in [0.1, 0.15) is 38.5 Å². The molecule has 0 saturated heterocycles. The maximum Gasteiger partial charge on any atom is 0.291 e. The second-order valence-corrected chi connectivity index (χ2v) is 7.23. The third-order valence-electron chi connectivity index (χ3n) is 4.88. The number of rotatable bonds is 3. The molecular formula is C22H19ClN2O3. The zero-order chi connectivity index (χ0) is 19.7. The molecule has 0 atom stereocenters. The average Bonchev–Trinajstić information content (AvgIpc) is 3.23. The van der Waals surface area contributed by atoms with Gasteiger partial charge in [0.05, 0.1) is 6.26 Å². The predicted octanol–water partition coefficient (Wildman–Crippen LogP) is 5.09. The van der Waals surface area contributed by atoms with E-state index in [0.29, 0.717) is 22.8 Å². The van der Waals surface area contributed by atoms with E-state index in [1.165, 1.54) is 6.26 Å². The summed E-state index contributed by atoms with van der Waals surface area (Å²) in [5, 5.41) is 3.49. The van der Waals surface area contributed by atoms with Crippen molar-refractivity contribution < 1.29 is 14.0 Å². The molecule has 28 heavy (non-hydrogen) atoms. The van der Waals surface area contributed by atoms with Gasteiger partial charge < -0.3 is 14.6 Å². The minimum absolute atomic E-state index is 0.100. The van der Waals surface area contributed by atoms with Crippen LogP contribution >= 0.6 is 11.6 Å². The van der Waals surface area contributed by atoms with Gasteiger partial charge in [-0.2, -0.15) is 0 Å². The second kappa shape index (κ2) is 7.52. The number of carbonyl (C=O) groups excluding carboxylic acids is 2. The first kappa shape index (κ1) is 18.3. The first-order valence-corrected chi connectivity index (χ1v) is 9.46. The van der Waals surface area contributed by atoms with Crippen LogP contribution < -0.4 is 10.2 Å². The molecule has 0 fully saturated rings. The van der Waals surface area contributed by atoms with Gasteiger partial charge >= 0.3 is 0 Å². The number of benzene rings is 2. The fourth-order valence-electron chi connectivity index (χ4n) is 3.41. The molecule has 0 radical (unpaired) electrons. The van der Waals surface area contributed by atoms with Gasteiger partial charge in [0.2, 0.25) is 0 Å². The van der Waals surface area contributed by atoms with Gasteiger partial charge in [-0.1, -0.05) is 17.7 Å². The summed E-state index contributed by atoms with van der Waals surface area (Å²) in [4.78, 5) is 27.3. The minimum Gasteiger partial charge on any atom is -0.459 e. The number of amides is 2. The standard InChI is InChI=1S/C22H19ClN2O3/c1-14-6-7-16(13-18(14)24-21(26)20-5-3-11-28-20)22(27)25-10-2-4-15-12-17(23)8-9-19(15)25/h3,5-9,11-13H,2,4,10H2,1H3,(H,24,26). The highest BCUT2D eigenvalue weighted by molar-refractivity contribution is 6.30. The van der Waals surface area contributed by atoms with Gasteiger partial charge in [0.15, 0.2) is 5.76 Å². The number of nitrogens with one attached hydrogen (secondary N) is 1. The van der Waals surface area contributed by atoms with Crippen LogP contribution in [0.2, 0.25) is 5.02 Å². The van der Waals surface area contributed by atoms with Crippen LogP contribution in [0.4, 0.5) is 11.4 Å². The zero-order valence-corrected chi connectivity index (χ0v) is 16.1. The van der Waals surface area contributed by atoms with Crippen LogP contribution in [0.25, 0.3) is 0 Å². The van der Waals surface area contributed by atoms with E-state index in [4.69, 9.17) is 16.0 Å². The molecule has 1 aliphatic heterocycles. The van der Waals surface area contributed by atoms with E-state index in [0.717, 1.165) is 29.7 Å². The number of aryl methyl sites for hydroxylation is 2. The first-order valence-electron chi connectivity index (χ1n) is 9.09. The van der Waals surface area contributed by atoms with E-state index >= 15 is 0 Å². The molecule has 2 heterocycles. The molecule has 6 heteroatoms. The monoisotopic (exact) mass is 394 g/mol. The van der Waals surface area contributed by atoms with Crippen LogP contribution in [0, 0.1) is 6.92 Å². The lowest BCUT2D eigenvalue weighted by atomic mass is 10.0. The minimum atomic E-state index is -0.351. The Bertz CT molecular complexity index is 1040. The van der Waals surface area contributed by atoms with Crippen molar-refractivity contribution in [3.05, 3.63) is 82.3 Å². The Morgan fingerprint density at radius 1 is 1.14 bits per heavy atom. The van der Waals surface area contributed by atoms with Crippen molar-refractivity contribution in [3.63, 3.8) is 0 Å². The molecule has 0 aliphatic carbocycles. The van der Waals surface area contributed by atoms with Crippen molar-refractivity contribution in [1.82, 2.24) is 0 Å². The molecular weight excluding hydrogens is 376 g/mol. The largest absolute Gasteiger partial charge is 0.459 e. The summed E-state index contributed by atoms with van der Waals surface area (Å²) >= 11 is 6.10. The van der Waals surface area contributed by atoms with Crippen LogP contribution in [-0.2, 0) is 6.42 Å². The molecule has 142 valence electrons. The zero-order valence-electron chi connectivity index (χ0n) is 15.4. The van der Waals surface area contributed by atoms with Gasteiger partial charge in [-0.05, 0) is 73.4 Å². The van der Waals surface area contributed by atoms with Crippen LogP contribution in [0.3, 0.4) is 0 Å². The first-order chi connectivity index (χ1) is 13.5. The third-order valence-corrected chi connectivity index (χ3v) is 5.12. The number of hydrogen-bond donors (Lipinski definition) is 1. The molecule has 4 rings (SSSR count). The van der Waals surface area contributed by atoms with Crippen molar-refractivity contribution >= 4 is 34.8 Å². The maximum absolute atomic E-state index is 13.2. The fourth-order valence-corrected chi connectivity index (χ4v) is 3.61. The molecule has 2 aromatic carbocycles. The van der Waals surface area contributed by atoms with Gasteiger partial charge in [0.1, 0.15) is 0 Å². The number of furan rings is 1. The summed E-state index contributed by atoms with van der Waals surface area (Å²) in [5.74, 6) is -0.231. The summed E-state index contributed by atoms with van der Waals surface area (Å²) in [5.41, 5.74) is 3.93. The summed E-state index contributed by atoms with van der Waals surface area (Å²) in [6.45, 7) is 2.53. The molecule has 0 bridgehead atoms. The highest BCUT2D eigenvalue weighted by Crippen LogP contribution is 2.31. The SMILES string of the molecule is Cc1ccc(C(=O)N2CCCc3cc(Cl)ccc32)cc1NC(=O)c1ccco1. The van der Waals surface area contributed by atoms with E-state index in [9.17, 15) is 9.59 Å². The van der Waals surface area contributed by atoms with Crippen molar-refractivity contribution in [1.29, 1.82) is 0 Å². The molecule has 2 amide bonds. The molecule has 1 N–H and O–H groups in total.